The van der Waals surface area contributed by atoms with Gasteiger partial charge in [-0.15, -0.1) is 11.6 Å². The number of halogens is 2. The summed E-state index contributed by atoms with van der Waals surface area (Å²) in [4.78, 5) is 4.54. The quantitative estimate of drug-likeness (QED) is 0.648. The zero-order chi connectivity index (χ0) is 15.0. The van der Waals surface area contributed by atoms with Gasteiger partial charge in [-0.05, 0) is 37.6 Å². The molecule has 2 nitrogen and oxygen atoms in total. The maximum absolute atomic E-state index is 13.4. The lowest BCUT2D eigenvalue weighted by Gasteiger charge is -2.12. The van der Waals surface area contributed by atoms with Crippen molar-refractivity contribution in [3.05, 3.63) is 59.2 Å². The van der Waals surface area contributed by atoms with Crippen molar-refractivity contribution in [3.8, 4) is 5.69 Å². The van der Waals surface area contributed by atoms with Gasteiger partial charge < -0.3 is 0 Å². The van der Waals surface area contributed by atoms with Gasteiger partial charge in [0.25, 0.3) is 0 Å². The Morgan fingerprint density at radius 1 is 1.14 bits per heavy atom. The minimum atomic E-state index is -0.273. The number of imidazole rings is 1. The van der Waals surface area contributed by atoms with Crippen LogP contribution in [-0.4, -0.2) is 15.4 Å². The highest BCUT2D eigenvalue weighted by molar-refractivity contribution is 6.17. The molecular weight excluding hydrogens is 287 g/mol. The van der Waals surface area contributed by atoms with Crippen LogP contribution < -0.4 is 0 Å². The summed E-state index contributed by atoms with van der Waals surface area (Å²) in [6, 6.07) is 11.0. The van der Waals surface area contributed by atoms with Crippen LogP contribution in [0.5, 0.6) is 0 Å². The molecule has 0 atom stereocenters. The molecule has 4 heteroatoms. The fourth-order valence-electron chi connectivity index (χ4n) is 2.68. The fourth-order valence-corrected chi connectivity index (χ4v) is 2.85. The van der Waals surface area contributed by atoms with Gasteiger partial charge in [0, 0.05) is 18.4 Å². The summed E-state index contributed by atoms with van der Waals surface area (Å²) in [5.41, 5.74) is 5.01. The largest absolute Gasteiger partial charge is 0.296 e. The summed E-state index contributed by atoms with van der Waals surface area (Å²) in [6.07, 6.45) is 0.644. The lowest BCUT2D eigenvalue weighted by atomic mass is 10.1. The van der Waals surface area contributed by atoms with E-state index in [4.69, 9.17) is 11.6 Å². The molecule has 0 saturated heterocycles. The first-order chi connectivity index (χ1) is 10.1. The third-order valence-corrected chi connectivity index (χ3v) is 3.79. The van der Waals surface area contributed by atoms with Gasteiger partial charge in [-0.2, -0.15) is 0 Å². The van der Waals surface area contributed by atoms with E-state index in [1.165, 1.54) is 17.7 Å². The summed E-state index contributed by atoms with van der Waals surface area (Å²) in [5, 5.41) is 0. The van der Waals surface area contributed by atoms with Crippen LogP contribution in [0.15, 0.2) is 36.4 Å². The van der Waals surface area contributed by atoms with Gasteiger partial charge in [0.1, 0.15) is 11.6 Å². The number of hydrogen-bond donors (Lipinski definition) is 0. The first-order valence-corrected chi connectivity index (χ1v) is 7.44. The first-order valence-electron chi connectivity index (χ1n) is 6.90. The maximum Gasteiger partial charge on any atom is 0.125 e. The van der Waals surface area contributed by atoms with Crippen LogP contribution in [0.25, 0.3) is 16.7 Å². The standard InChI is InChI=1S/C17H16ClFN2/c1-11-3-5-15(12(2)9-11)21-16-6-4-13(19)10-14(16)20-17(21)7-8-18/h3-6,9-10H,7-8H2,1-2H3. The van der Waals surface area contributed by atoms with E-state index in [2.05, 4.69) is 41.6 Å². The molecule has 21 heavy (non-hydrogen) atoms. The molecule has 0 unspecified atom stereocenters. The highest BCUT2D eigenvalue weighted by atomic mass is 35.5. The Hall–Kier alpha value is -1.87. The van der Waals surface area contributed by atoms with Gasteiger partial charge in [0.05, 0.1) is 16.7 Å². The summed E-state index contributed by atoms with van der Waals surface area (Å²) in [6.45, 7) is 4.14. The predicted octanol–water partition coefficient (Wildman–Crippen LogP) is 4.56. The molecule has 3 aromatic rings. The second kappa shape index (κ2) is 5.49. The number of aromatic nitrogens is 2. The molecule has 3 rings (SSSR count). The van der Waals surface area contributed by atoms with Crippen LogP contribution in [0.1, 0.15) is 17.0 Å². The van der Waals surface area contributed by atoms with Gasteiger partial charge in [0.15, 0.2) is 0 Å². The van der Waals surface area contributed by atoms with E-state index in [0.717, 1.165) is 22.6 Å². The molecule has 0 spiro atoms. The lowest BCUT2D eigenvalue weighted by molar-refractivity contribution is 0.629. The monoisotopic (exact) mass is 302 g/mol. The maximum atomic E-state index is 13.4. The normalized spacial score (nSPS) is 11.2. The number of rotatable bonds is 3. The van der Waals surface area contributed by atoms with E-state index < -0.39 is 0 Å². The number of fused-ring (bicyclic) bond motifs is 1. The van der Waals surface area contributed by atoms with Gasteiger partial charge in [-0.1, -0.05) is 17.7 Å². The summed E-state index contributed by atoms with van der Waals surface area (Å²) in [5.74, 6) is 1.07. The van der Waals surface area contributed by atoms with E-state index >= 15 is 0 Å². The van der Waals surface area contributed by atoms with Crippen molar-refractivity contribution in [3.63, 3.8) is 0 Å². The Balaban J connectivity index is 2.30. The van der Waals surface area contributed by atoms with Crippen molar-refractivity contribution >= 4 is 22.6 Å². The number of alkyl halides is 1. The fraction of sp³-hybridized carbons (Fsp3) is 0.235. The first kappa shape index (κ1) is 14.1. The van der Waals surface area contributed by atoms with Crippen LogP contribution in [0, 0.1) is 19.7 Å². The van der Waals surface area contributed by atoms with Gasteiger partial charge >= 0.3 is 0 Å². The molecular formula is C17H16ClFN2. The molecule has 0 N–H and O–H groups in total. The van der Waals surface area contributed by atoms with Gasteiger partial charge in [0.2, 0.25) is 0 Å². The minimum Gasteiger partial charge on any atom is -0.296 e. The zero-order valence-electron chi connectivity index (χ0n) is 12.0. The number of benzene rings is 2. The molecule has 0 aliphatic heterocycles. The highest BCUT2D eigenvalue weighted by Crippen LogP contribution is 2.25. The Morgan fingerprint density at radius 3 is 2.67 bits per heavy atom. The van der Waals surface area contributed by atoms with Gasteiger partial charge in [-0.25, -0.2) is 9.37 Å². The van der Waals surface area contributed by atoms with Crippen molar-refractivity contribution in [2.75, 3.05) is 5.88 Å². The van der Waals surface area contributed by atoms with Crippen molar-refractivity contribution in [1.29, 1.82) is 0 Å². The molecule has 0 aliphatic rings. The van der Waals surface area contributed by atoms with Crippen molar-refractivity contribution < 1.29 is 4.39 Å². The molecule has 0 bridgehead atoms. The van der Waals surface area contributed by atoms with E-state index in [1.54, 1.807) is 6.07 Å². The highest BCUT2D eigenvalue weighted by Gasteiger charge is 2.14. The van der Waals surface area contributed by atoms with E-state index in [0.29, 0.717) is 17.8 Å². The number of aryl methyl sites for hydroxylation is 3. The molecule has 1 aromatic heterocycles. The number of hydrogen-bond acceptors (Lipinski definition) is 1. The summed E-state index contributed by atoms with van der Waals surface area (Å²) >= 11 is 5.89. The van der Waals surface area contributed by atoms with Crippen LogP contribution in [0.3, 0.4) is 0 Å². The average Bonchev–Trinajstić information content (AvgIpc) is 2.76. The van der Waals surface area contributed by atoms with E-state index in [1.807, 2.05) is 0 Å². The second-order valence-corrected chi connectivity index (χ2v) is 5.60. The average molecular weight is 303 g/mol. The minimum absolute atomic E-state index is 0.273. The Labute approximate surface area is 128 Å². The Bertz CT molecular complexity index is 808. The topological polar surface area (TPSA) is 17.8 Å². The number of nitrogens with zero attached hydrogens (tertiary/aromatic N) is 2. The Morgan fingerprint density at radius 2 is 1.95 bits per heavy atom. The summed E-state index contributed by atoms with van der Waals surface area (Å²) in [7, 11) is 0. The van der Waals surface area contributed by atoms with Crippen LogP contribution in [0.4, 0.5) is 4.39 Å². The molecule has 0 fully saturated rings. The summed E-state index contributed by atoms with van der Waals surface area (Å²) < 4.78 is 15.5. The lowest BCUT2D eigenvalue weighted by Crippen LogP contribution is -2.04. The second-order valence-electron chi connectivity index (χ2n) is 5.23. The Kier molecular flexibility index (Phi) is 3.68. The van der Waals surface area contributed by atoms with Crippen molar-refractivity contribution in [2.45, 2.75) is 20.3 Å². The van der Waals surface area contributed by atoms with Gasteiger partial charge in [-0.3, -0.25) is 4.57 Å². The smallest absolute Gasteiger partial charge is 0.125 e. The molecule has 0 amide bonds. The molecule has 1 heterocycles. The predicted molar refractivity (Wildman–Crippen MR) is 84.9 cm³/mol. The molecule has 2 aromatic carbocycles. The van der Waals surface area contributed by atoms with Crippen LogP contribution in [-0.2, 0) is 6.42 Å². The van der Waals surface area contributed by atoms with Crippen LogP contribution in [0.2, 0.25) is 0 Å². The molecule has 0 saturated carbocycles. The van der Waals surface area contributed by atoms with E-state index in [-0.39, 0.29) is 5.82 Å². The van der Waals surface area contributed by atoms with Crippen molar-refractivity contribution in [2.24, 2.45) is 0 Å². The van der Waals surface area contributed by atoms with Crippen molar-refractivity contribution in [1.82, 2.24) is 9.55 Å². The zero-order valence-corrected chi connectivity index (χ0v) is 12.8. The third kappa shape index (κ3) is 2.54. The van der Waals surface area contributed by atoms with Crippen LogP contribution >= 0.6 is 11.6 Å². The molecule has 108 valence electrons. The molecule has 0 radical (unpaired) electrons. The molecule has 0 aliphatic carbocycles. The third-order valence-electron chi connectivity index (χ3n) is 3.60. The van der Waals surface area contributed by atoms with E-state index in [9.17, 15) is 4.39 Å². The SMILES string of the molecule is Cc1ccc(-n2c(CCCl)nc3cc(F)ccc32)c(C)c1.